The Hall–Kier alpha value is -1.79. The van der Waals surface area contributed by atoms with Crippen molar-refractivity contribution in [2.45, 2.75) is 19.4 Å². The zero-order valence-electron chi connectivity index (χ0n) is 11.9. The van der Waals surface area contributed by atoms with Crippen molar-refractivity contribution < 1.29 is 19.4 Å². The highest BCUT2D eigenvalue weighted by atomic mass is 16.5. The van der Waals surface area contributed by atoms with E-state index < -0.39 is 0 Å². The summed E-state index contributed by atoms with van der Waals surface area (Å²) in [6, 6.07) is 4.78. The molecule has 0 saturated heterocycles. The molecule has 6 heteroatoms. The minimum atomic E-state index is -0.295. The van der Waals surface area contributed by atoms with Gasteiger partial charge in [-0.25, -0.2) is 0 Å². The maximum Gasteiger partial charge on any atom is 0.255 e. The van der Waals surface area contributed by atoms with Crippen molar-refractivity contribution in [3.05, 3.63) is 23.8 Å². The van der Waals surface area contributed by atoms with Crippen molar-refractivity contribution in [2.24, 2.45) is 0 Å². The number of aliphatic hydroxyl groups excluding tert-OH is 1. The third-order valence-corrected chi connectivity index (χ3v) is 2.76. The van der Waals surface area contributed by atoms with Gasteiger partial charge in [0.1, 0.15) is 0 Å². The topological polar surface area (TPSA) is 93.8 Å². The molecule has 6 nitrogen and oxygen atoms in total. The van der Waals surface area contributed by atoms with Crippen LogP contribution in [0.4, 0.5) is 5.69 Å². The third kappa shape index (κ3) is 4.40. The molecule has 0 aliphatic carbocycles. The number of ether oxygens (including phenoxy) is 2. The number of methoxy groups -OCH3 is 1. The van der Waals surface area contributed by atoms with Gasteiger partial charge in [-0.15, -0.1) is 0 Å². The van der Waals surface area contributed by atoms with Gasteiger partial charge in [-0.05, 0) is 25.5 Å². The molecule has 1 amide bonds. The molecule has 20 heavy (non-hydrogen) atoms. The van der Waals surface area contributed by atoms with Crippen LogP contribution in [0, 0.1) is 0 Å². The number of rotatable bonds is 8. The van der Waals surface area contributed by atoms with Crippen molar-refractivity contribution in [3.63, 3.8) is 0 Å². The number of benzene rings is 1. The summed E-state index contributed by atoms with van der Waals surface area (Å²) in [4.78, 5) is 12.3. The van der Waals surface area contributed by atoms with E-state index in [1.807, 2.05) is 6.92 Å². The fraction of sp³-hybridized carbons (Fsp3) is 0.500. The lowest BCUT2D eigenvalue weighted by Crippen LogP contribution is -2.38. The van der Waals surface area contributed by atoms with Gasteiger partial charge in [0.05, 0.1) is 30.5 Å². The number of amides is 1. The summed E-state index contributed by atoms with van der Waals surface area (Å²) in [5.74, 6) is 0.0870. The molecule has 4 N–H and O–H groups in total. The molecule has 0 bridgehead atoms. The highest BCUT2D eigenvalue weighted by Gasteiger charge is 2.18. The number of nitrogen functional groups attached to an aromatic ring is 1. The Morgan fingerprint density at radius 2 is 2.25 bits per heavy atom. The molecule has 1 atom stereocenters. The average Bonchev–Trinajstić information content (AvgIpc) is 2.41. The summed E-state index contributed by atoms with van der Waals surface area (Å²) in [5.41, 5.74) is 6.63. The highest BCUT2D eigenvalue weighted by Crippen LogP contribution is 2.26. The molecule has 0 radical (unpaired) electrons. The van der Waals surface area contributed by atoms with Crippen molar-refractivity contribution in [1.29, 1.82) is 0 Å². The number of hydrogen-bond acceptors (Lipinski definition) is 5. The molecule has 1 unspecified atom stereocenters. The molecule has 1 aromatic rings. The van der Waals surface area contributed by atoms with Gasteiger partial charge in [-0.2, -0.15) is 0 Å². The van der Waals surface area contributed by atoms with Gasteiger partial charge >= 0.3 is 0 Å². The van der Waals surface area contributed by atoms with Crippen LogP contribution in [0.1, 0.15) is 23.7 Å². The summed E-state index contributed by atoms with van der Waals surface area (Å²) in [6.07, 6.45) is 0.422. The second kappa shape index (κ2) is 8.39. The van der Waals surface area contributed by atoms with Crippen LogP contribution in [0.3, 0.4) is 0 Å². The molecular formula is C14H22N2O4. The van der Waals surface area contributed by atoms with Crippen LogP contribution in [0.15, 0.2) is 18.2 Å². The van der Waals surface area contributed by atoms with Gasteiger partial charge in [-0.1, -0.05) is 6.07 Å². The summed E-state index contributed by atoms with van der Waals surface area (Å²) in [7, 11) is 1.54. The lowest BCUT2D eigenvalue weighted by molar-refractivity contribution is 0.0875. The number of anilines is 1. The zero-order valence-corrected chi connectivity index (χ0v) is 11.9. The first kappa shape index (κ1) is 16.3. The van der Waals surface area contributed by atoms with Gasteiger partial charge in [0, 0.05) is 13.7 Å². The first-order chi connectivity index (χ1) is 9.63. The molecule has 0 fully saturated rings. The van der Waals surface area contributed by atoms with Crippen LogP contribution >= 0.6 is 0 Å². The zero-order chi connectivity index (χ0) is 15.0. The van der Waals surface area contributed by atoms with Gasteiger partial charge < -0.3 is 25.6 Å². The lowest BCUT2D eigenvalue weighted by atomic mass is 10.1. The Labute approximate surface area is 118 Å². The number of nitrogens with one attached hydrogen (secondary N) is 1. The summed E-state index contributed by atoms with van der Waals surface area (Å²) in [5, 5.41) is 11.8. The van der Waals surface area contributed by atoms with E-state index in [1.165, 1.54) is 0 Å². The third-order valence-electron chi connectivity index (χ3n) is 2.76. The molecule has 0 aromatic heterocycles. The van der Waals surface area contributed by atoms with E-state index in [0.717, 1.165) is 0 Å². The first-order valence-electron chi connectivity index (χ1n) is 6.56. The Bertz CT molecular complexity index is 431. The van der Waals surface area contributed by atoms with E-state index in [0.29, 0.717) is 36.6 Å². The molecule has 0 aliphatic rings. The highest BCUT2D eigenvalue weighted by molar-refractivity contribution is 5.98. The molecule has 1 aromatic carbocycles. The molecule has 0 saturated carbocycles. The van der Waals surface area contributed by atoms with E-state index in [-0.39, 0.29) is 18.6 Å². The largest absolute Gasteiger partial charge is 0.491 e. The van der Waals surface area contributed by atoms with Gasteiger partial charge in [-0.3, -0.25) is 4.79 Å². The first-order valence-corrected chi connectivity index (χ1v) is 6.56. The molecule has 0 aliphatic heterocycles. The van der Waals surface area contributed by atoms with Crippen LogP contribution in [0.5, 0.6) is 5.75 Å². The number of para-hydroxylation sites is 1. The quantitative estimate of drug-likeness (QED) is 0.613. The number of carbonyl (C=O) groups excluding carboxylic acids is 1. The normalized spacial score (nSPS) is 11.9. The number of aliphatic hydroxyl groups is 1. The van der Waals surface area contributed by atoms with E-state index >= 15 is 0 Å². The second-order valence-corrected chi connectivity index (χ2v) is 4.29. The Balaban J connectivity index is 2.87. The van der Waals surface area contributed by atoms with Crippen LogP contribution in [0.2, 0.25) is 0 Å². The second-order valence-electron chi connectivity index (χ2n) is 4.29. The van der Waals surface area contributed by atoms with Crippen LogP contribution in [-0.4, -0.2) is 44.0 Å². The minimum absolute atomic E-state index is 0.0243. The maximum absolute atomic E-state index is 12.3. The molecule has 0 spiro atoms. The van der Waals surface area contributed by atoms with Crippen LogP contribution in [-0.2, 0) is 4.74 Å². The molecular weight excluding hydrogens is 260 g/mol. The van der Waals surface area contributed by atoms with Crippen molar-refractivity contribution in [3.8, 4) is 5.75 Å². The minimum Gasteiger partial charge on any atom is -0.491 e. The smallest absolute Gasteiger partial charge is 0.255 e. The van der Waals surface area contributed by atoms with Crippen LogP contribution < -0.4 is 15.8 Å². The van der Waals surface area contributed by atoms with Crippen molar-refractivity contribution in [2.75, 3.05) is 32.7 Å². The molecule has 112 valence electrons. The summed E-state index contributed by atoms with van der Waals surface area (Å²) >= 11 is 0. The Morgan fingerprint density at radius 3 is 2.85 bits per heavy atom. The van der Waals surface area contributed by atoms with Gasteiger partial charge in [0.2, 0.25) is 0 Å². The lowest BCUT2D eigenvalue weighted by Gasteiger charge is -2.18. The van der Waals surface area contributed by atoms with Crippen molar-refractivity contribution >= 4 is 11.6 Å². The number of nitrogens with two attached hydrogens (primary N) is 1. The maximum atomic E-state index is 12.3. The standard InChI is InChI=1S/C14H22N2O4/c1-3-20-13-11(5-4-6-12(13)15)14(18)16-10(7-8-17)9-19-2/h4-6,10,17H,3,7-9,15H2,1-2H3,(H,16,18). The van der Waals surface area contributed by atoms with E-state index in [1.54, 1.807) is 25.3 Å². The fourth-order valence-electron chi connectivity index (χ4n) is 1.86. The number of carbonyl (C=O) groups is 1. The summed E-state index contributed by atoms with van der Waals surface area (Å²) < 4.78 is 10.4. The molecule has 1 rings (SSSR count). The van der Waals surface area contributed by atoms with Crippen LogP contribution in [0.25, 0.3) is 0 Å². The SMILES string of the molecule is CCOc1c(N)cccc1C(=O)NC(CCO)COC. The average molecular weight is 282 g/mol. The van der Waals surface area contributed by atoms with E-state index in [9.17, 15) is 4.79 Å². The van der Waals surface area contributed by atoms with E-state index in [2.05, 4.69) is 5.32 Å². The monoisotopic (exact) mass is 282 g/mol. The predicted molar refractivity (Wildman–Crippen MR) is 76.9 cm³/mol. The Kier molecular flexibility index (Phi) is 6.83. The van der Waals surface area contributed by atoms with Crippen molar-refractivity contribution in [1.82, 2.24) is 5.32 Å². The molecule has 0 heterocycles. The fourth-order valence-corrected chi connectivity index (χ4v) is 1.86. The van der Waals surface area contributed by atoms with Gasteiger partial charge in [0.15, 0.2) is 5.75 Å². The van der Waals surface area contributed by atoms with E-state index in [4.69, 9.17) is 20.3 Å². The van der Waals surface area contributed by atoms with Gasteiger partial charge in [0.25, 0.3) is 5.91 Å². The Morgan fingerprint density at radius 1 is 1.50 bits per heavy atom. The summed E-state index contributed by atoms with van der Waals surface area (Å²) in [6.45, 7) is 2.56. The number of hydrogen-bond donors (Lipinski definition) is 3. The predicted octanol–water partition coefficient (Wildman–Crippen LogP) is 0.795.